The van der Waals surface area contributed by atoms with Crippen molar-refractivity contribution in [3.63, 3.8) is 0 Å². The second-order valence-corrected chi connectivity index (χ2v) is 5.85. The zero-order valence-corrected chi connectivity index (χ0v) is 15.7. The molecule has 0 saturated carbocycles. The molecule has 2 aromatic carbocycles. The minimum atomic E-state index is 0.599. The molecule has 3 rings (SSSR count). The lowest BCUT2D eigenvalue weighted by Crippen LogP contribution is -2.36. The first kappa shape index (κ1) is 17.8. The molecule has 0 atom stereocenters. The van der Waals surface area contributed by atoms with Crippen LogP contribution in [0.3, 0.4) is 0 Å². The van der Waals surface area contributed by atoms with Crippen LogP contribution in [-0.4, -0.2) is 21.3 Å². The van der Waals surface area contributed by atoms with Crippen LogP contribution in [0.15, 0.2) is 48.5 Å². The summed E-state index contributed by atoms with van der Waals surface area (Å²) in [6.45, 7) is 3.06. The van der Waals surface area contributed by atoms with Crippen LogP contribution >= 0.6 is 0 Å². The van der Waals surface area contributed by atoms with E-state index in [9.17, 15) is 0 Å². The van der Waals surface area contributed by atoms with Gasteiger partial charge in [0.15, 0.2) is 11.5 Å². The number of fused-ring (bicyclic) bond motifs is 1. The van der Waals surface area contributed by atoms with Gasteiger partial charge in [-0.2, -0.15) is 4.57 Å². The Balaban J connectivity index is 2.04. The Kier molecular flexibility index (Phi) is 5.42. The largest absolute Gasteiger partial charge is 0.493 e. The van der Waals surface area contributed by atoms with Gasteiger partial charge in [-0.1, -0.05) is 12.1 Å². The highest BCUT2D eigenvalue weighted by Gasteiger charge is 2.14. The van der Waals surface area contributed by atoms with E-state index in [0.29, 0.717) is 17.2 Å². The minimum Gasteiger partial charge on any atom is -0.493 e. The molecule has 0 amide bonds. The molecule has 0 saturated heterocycles. The molecule has 0 spiro atoms. The van der Waals surface area contributed by atoms with Crippen molar-refractivity contribution in [2.45, 2.75) is 13.5 Å². The van der Waals surface area contributed by atoms with Crippen molar-refractivity contribution in [3.8, 4) is 17.2 Å². The van der Waals surface area contributed by atoms with Gasteiger partial charge in [0.1, 0.15) is 6.54 Å². The summed E-state index contributed by atoms with van der Waals surface area (Å²) >= 11 is 0. The molecule has 0 aliphatic rings. The van der Waals surface area contributed by atoms with Gasteiger partial charge >= 0.3 is 0 Å². The van der Waals surface area contributed by atoms with Gasteiger partial charge < -0.3 is 14.2 Å². The van der Waals surface area contributed by atoms with Crippen molar-refractivity contribution in [2.75, 3.05) is 21.3 Å². The summed E-state index contributed by atoms with van der Waals surface area (Å²) in [4.78, 5) is 0. The van der Waals surface area contributed by atoms with Crippen LogP contribution in [0.5, 0.6) is 17.2 Å². The number of hydrogen-bond donors (Lipinski definition) is 0. The van der Waals surface area contributed by atoms with Crippen LogP contribution in [-0.2, 0) is 6.54 Å². The Morgan fingerprint density at radius 3 is 2.15 bits per heavy atom. The van der Waals surface area contributed by atoms with Crippen molar-refractivity contribution >= 4 is 23.1 Å². The molecular weight excluding hydrogens is 326 g/mol. The third-order valence-electron chi connectivity index (χ3n) is 4.42. The van der Waals surface area contributed by atoms with Gasteiger partial charge in [0.05, 0.1) is 21.3 Å². The predicted molar refractivity (Wildman–Crippen MR) is 105 cm³/mol. The zero-order chi connectivity index (χ0) is 18.5. The molecule has 26 heavy (non-hydrogen) atoms. The number of aromatic nitrogens is 1. The minimum absolute atomic E-state index is 0.599. The van der Waals surface area contributed by atoms with E-state index in [1.165, 1.54) is 10.9 Å². The van der Waals surface area contributed by atoms with E-state index in [1.807, 2.05) is 12.1 Å². The SMILES string of the molecule is CC[n+]1c(C=Cc2cc(OC)c(OC)c(OC)c2)ccc2ccccc21. The number of methoxy groups -OCH3 is 3. The van der Waals surface area contributed by atoms with Gasteiger partial charge in [0.2, 0.25) is 17.0 Å². The smallest absolute Gasteiger partial charge is 0.212 e. The maximum absolute atomic E-state index is 5.43. The molecule has 0 aliphatic heterocycles. The third-order valence-corrected chi connectivity index (χ3v) is 4.42. The standard InChI is InChI=1S/C22H24NO3/c1-5-23-18(13-11-17-8-6-7-9-19(17)23)12-10-16-14-20(24-2)22(26-4)21(15-16)25-3/h6-15H,5H2,1-4H3/q+1. The number of rotatable bonds is 6. The van der Waals surface area contributed by atoms with Gasteiger partial charge in [-0.15, -0.1) is 0 Å². The van der Waals surface area contributed by atoms with Crippen molar-refractivity contribution in [2.24, 2.45) is 0 Å². The second-order valence-electron chi connectivity index (χ2n) is 5.85. The van der Waals surface area contributed by atoms with Crippen molar-refractivity contribution in [1.29, 1.82) is 0 Å². The van der Waals surface area contributed by atoms with Crippen LogP contribution < -0.4 is 18.8 Å². The fraction of sp³-hybridized carbons (Fsp3) is 0.227. The molecule has 0 bridgehead atoms. The molecular formula is C22H24NO3+. The fourth-order valence-corrected chi connectivity index (χ4v) is 3.16. The average molecular weight is 350 g/mol. The summed E-state index contributed by atoms with van der Waals surface area (Å²) in [5.74, 6) is 1.89. The molecule has 1 aromatic heterocycles. The zero-order valence-electron chi connectivity index (χ0n) is 15.7. The Bertz CT molecular complexity index is 922. The summed E-state index contributed by atoms with van der Waals surface area (Å²) in [5.41, 5.74) is 3.34. The molecule has 0 unspecified atom stereocenters. The first-order chi connectivity index (χ1) is 12.7. The van der Waals surface area contributed by atoms with Gasteiger partial charge in [-0.3, -0.25) is 0 Å². The van der Waals surface area contributed by atoms with E-state index < -0.39 is 0 Å². The van der Waals surface area contributed by atoms with E-state index in [2.05, 4.69) is 60.0 Å². The lowest BCUT2D eigenvalue weighted by atomic mass is 10.1. The van der Waals surface area contributed by atoms with E-state index in [4.69, 9.17) is 14.2 Å². The highest BCUT2D eigenvalue weighted by molar-refractivity contribution is 5.77. The number of pyridine rings is 1. The highest BCUT2D eigenvalue weighted by Crippen LogP contribution is 2.38. The Labute approximate surface area is 154 Å². The van der Waals surface area contributed by atoms with E-state index in [0.717, 1.165) is 17.8 Å². The van der Waals surface area contributed by atoms with Crippen LogP contribution in [0.25, 0.3) is 23.1 Å². The number of aryl methyl sites for hydroxylation is 1. The molecule has 0 radical (unpaired) electrons. The maximum Gasteiger partial charge on any atom is 0.212 e. The molecule has 1 heterocycles. The average Bonchev–Trinajstić information content (AvgIpc) is 2.70. The Morgan fingerprint density at radius 1 is 0.846 bits per heavy atom. The fourth-order valence-electron chi connectivity index (χ4n) is 3.16. The Morgan fingerprint density at radius 2 is 1.54 bits per heavy atom. The summed E-state index contributed by atoms with van der Waals surface area (Å²) in [6.07, 6.45) is 4.16. The summed E-state index contributed by atoms with van der Waals surface area (Å²) in [7, 11) is 4.85. The first-order valence-corrected chi connectivity index (χ1v) is 8.61. The number of nitrogens with zero attached hydrogens (tertiary/aromatic N) is 1. The van der Waals surface area contributed by atoms with E-state index in [-0.39, 0.29) is 0 Å². The highest BCUT2D eigenvalue weighted by atomic mass is 16.5. The monoisotopic (exact) mass is 350 g/mol. The van der Waals surface area contributed by atoms with Crippen molar-refractivity contribution in [1.82, 2.24) is 0 Å². The number of para-hydroxylation sites is 1. The normalized spacial score (nSPS) is 11.1. The van der Waals surface area contributed by atoms with Crippen molar-refractivity contribution < 1.29 is 18.8 Å². The van der Waals surface area contributed by atoms with Crippen LogP contribution in [0.1, 0.15) is 18.2 Å². The second kappa shape index (κ2) is 7.91. The lowest BCUT2D eigenvalue weighted by Gasteiger charge is -2.12. The number of hydrogen-bond acceptors (Lipinski definition) is 3. The van der Waals surface area contributed by atoms with Gasteiger partial charge in [-0.05, 0) is 42.8 Å². The molecule has 0 fully saturated rings. The number of benzene rings is 2. The van der Waals surface area contributed by atoms with Gasteiger partial charge in [0, 0.05) is 23.6 Å². The quantitative estimate of drug-likeness (QED) is 0.620. The topological polar surface area (TPSA) is 31.6 Å². The lowest BCUT2D eigenvalue weighted by molar-refractivity contribution is -0.669. The van der Waals surface area contributed by atoms with E-state index >= 15 is 0 Å². The summed E-state index contributed by atoms with van der Waals surface area (Å²) in [5, 5.41) is 1.24. The molecule has 4 heteroatoms. The predicted octanol–water partition coefficient (Wildman–Crippen LogP) is 4.34. The maximum atomic E-state index is 5.43. The third kappa shape index (κ3) is 3.36. The summed E-state index contributed by atoms with van der Waals surface area (Å²) in [6, 6.07) is 16.6. The van der Waals surface area contributed by atoms with Gasteiger partial charge in [-0.25, -0.2) is 0 Å². The molecule has 134 valence electrons. The van der Waals surface area contributed by atoms with Gasteiger partial charge in [0.25, 0.3) is 0 Å². The molecule has 0 N–H and O–H groups in total. The van der Waals surface area contributed by atoms with Crippen LogP contribution in [0, 0.1) is 0 Å². The summed E-state index contributed by atoms with van der Waals surface area (Å²) < 4.78 is 18.5. The molecule has 4 nitrogen and oxygen atoms in total. The Hall–Kier alpha value is -3.01. The van der Waals surface area contributed by atoms with Crippen LogP contribution in [0.2, 0.25) is 0 Å². The van der Waals surface area contributed by atoms with E-state index in [1.54, 1.807) is 21.3 Å². The molecule has 0 aliphatic carbocycles. The van der Waals surface area contributed by atoms with Crippen molar-refractivity contribution in [3.05, 3.63) is 59.8 Å². The van der Waals surface area contributed by atoms with Crippen LogP contribution in [0.4, 0.5) is 0 Å². The number of ether oxygens (including phenoxy) is 3. The first-order valence-electron chi connectivity index (χ1n) is 8.61. The molecule has 3 aromatic rings.